The van der Waals surface area contributed by atoms with Crippen molar-refractivity contribution < 1.29 is 9.53 Å². The van der Waals surface area contributed by atoms with E-state index < -0.39 is 5.60 Å². The van der Waals surface area contributed by atoms with Crippen molar-refractivity contribution in [2.24, 2.45) is 17.8 Å². The number of rotatable bonds is 5. The quantitative estimate of drug-likeness (QED) is 0.515. The molecule has 0 unspecified atom stereocenters. The van der Waals surface area contributed by atoms with E-state index >= 15 is 0 Å². The highest BCUT2D eigenvalue weighted by atomic mass is 16.6. The second kappa shape index (κ2) is 5.34. The number of carbonyl (C=O) groups is 1. The predicted octanol–water partition coefficient (Wildman–Crippen LogP) is 3.42. The van der Waals surface area contributed by atoms with Gasteiger partial charge >= 0.3 is 5.97 Å². The molecule has 0 aromatic carbocycles. The molecule has 0 aliphatic heterocycles. The lowest BCUT2D eigenvalue weighted by Crippen LogP contribution is -2.49. The van der Waals surface area contributed by atoms with Crippen LogP contribution >= 0.6 is 0 Å². The van der Waals surface area contributed by atoms with E-state index in [1.807, 2.05) is 0 Å². The molecule has 0 aliphatic carbocycles. The number of esters is 1. The van der Waals surface area contributed by atoms with Gasteiger partial charge < -0.3 is 4.74 Å². The first-order chi connectivity index (χ1) is 6.78. The Morgan fingerprint density at radius 1 is 1.07 bits per heavy atom. The second-order valence-corrected chi connectivity index (χ2v) is 4.94. The summed E-state index contributed by atoms with van der Waals surface area (Å²) in [5.41, 5.74) is -0.398. The molecule has 0 spiro atoms. The summed E-state index contributed by atoms with van der Waals surface area (Å²) in [6, 6.07) is 0. The van der Waals surface area contributed by atoms with E-state index in [1.165, 1.54) is 6.08 Å². The third kappa shape index (κ3) is 2.83. The summed E-state index contributed by atoms with van der Waals surface area (Å²) in [6.45, 7) is 16.0. The van der Waals surface area contributed by atoms with Gasteiger partial charge in [-0.2, -0.15) is 0 Å². The molecule has 0 atom stereocenters. The van der Waals surface area contributed by atoms with E-state index in [2.05, 4.69) is 48.1 Å². The molecule has 0 N–H and O–H groups in total. The van der Waals surface area contributed by atoms with Gasteiger partial charge in [0.2, 0.25) is 0 Å². The Morgan fingerprint density at radius 2 is 1.40 bits per heavy atom. The predicted molar refractivity (Wildman–Crippen MR) is 63.5 cm³/mol. The van der Waals surface area contributed by atoms with Crippen LogP contribution in [0.25, 0.3) is 0 Å². The van der Waals surface area contributed by atoms with Gasteiger partial charge in [0.15, 0.2) is 0 Å². The maximum absolute atomic E-state index is 11.4. The summed E-state index contributed by atoms with van der Waals surface area (Å²) in [5.74, 6) is 0.551. The van der Waals surface area contributed by atoms with Crippen LogP contribution in [0.5, 0.6) is 0 Å². The van der Waals surface area contributed by atoms with Crippen LogP contribution in [0.2, 0.25) is 0 Å². The van der Waals surface area contributed by atoms with E-state index in [1.54, 1.807) is 0 Å². The van der Waals surface area contributed by atoms with Crippen LogP contribution in [0.4, 0.5) is 0 Å². The summed E-state index contributed by atoms with van der Waals surface area (Å²) in [6.07, 6.45) is 1.24. The monoisotopic (exact) mass is 212 g/mol. The Hall–Kier alpha value is -0.790. The van der Waals surface area contributed by atoms with Crippen LogP contribution in [-0.2, 0) is 9.53 Å². The summed E-state index contributed by atoms with van der Waals surface area (Å²) >= 11 is 0. The Morgan fingerprint density at radius 3 is 1.60 bits per heavy atom. The highest BCUT2D eigenvalue weighted by Crippen LogP contribution is 2.37. The largest absolute Gasteiger partial charge is 0.455 e. The van der Waals surface area contributed by atoms with Crippen molar-refractivity contribution in [1.29, 1.82) is 0 Å². The first-order valence-electron chi connectivity index (χ1n) is 5.64. The summed E-state index contributed by atoms with van der Waals surface area (Å²) in [4.78, 5) is 11.4. The Bertz CT molecular complexity index is 205. The van der Waals surface area contributed by atoms with Gasteiger partial charge in [-0.15, -0.1) is 0 Å². The summed E-state index contributed by atoms with van der Waals surface area (Å²) < 4.78 is 5.61. The third-order valence-corrected chi connectivity index (χ3v) is 3.15. The zero-order valence-electron chi connectivity index (χ0n) is 10.8. The van der Waals surface area contributed by atoms with Gasteiger partial charge in [0, 0.05) is 6.08 Å². The molecule has 0 saturated carbocycles. The minimum atomic E-state index is -0.398. The van der Waals surface area contributed by atoms with Gasteiger partial charge in [-0.25, -0.2) is 4.79 Å². The molecule has 0 saturated heterocycles. The standard InChI is InChI=1S/C13H24O2/c1-8-12(14)15-13(9(2)3,10(4)5)11(6)7/h8-11H,1H2,2-7H3. The summed E-state index contributed by atoms with van der Waals surface area (Å²) in [5, 5.41) is 0. The van der Waals surface area contributed by atoms with Gasteiger partial charge in [-0.3, -0.25) is 0 Å². The van der Waals surface area contributed by atoms with Crippen LogP contribution in [0.1, 0.15) is 41.5 Å². The Kier molecular flexibility index (Phi) is 5.06. The first kappa shape index (κ1) is 14.2. The van der Waals surface area contributed by atoms with Crippen molar-refractivity contribution in [1.82, 2.24) is 0 Å². The van der Waals surface area contributed by atoms with Gasteiger partial charge in [-0.1, -0.05) is 48.1 Å². The lowest BCUT2D eigenvalue weighted by molar-refractivity contribution is -0.174. The lowest BCUT2D eigenvalue weighted by Gasteiger charge is -2.43. The SMILES string of the molecule is C=CC(=O)OC(C(C)C)(C(C)C)C(C)C. The van der Waals surface area contributed by atoms with Crippen molar-refractivity contribution >= 4 is 5.97 Å². The Labute approximate surface area is 93.7 Å². The summed E-state index contributed by atoms with van der Waals surface area (Å²) in [7, 11) is 0. The molecule has 0 bridgehead atoms. The molecule has 0 radical (unpaired) electrons. The third-order valence-electron chi connectivity index (χ3n) is 3.15. The molecule has 88 valence electrons. The number of hydrogen-bond donors (Lipinski definition) is 0. The van der Waals surface area contributed by atoms with Crippen molar-refractivity contribution in [2.45, 2.75) is 47.1 Å². The molecule has 0 aliphatic rings. The molecule has 0 aromatic heterocycles. The highest BCUT2D eigenvalue weighted by Gasteiger charge is 2.43. The molecule has 0 amide bonds. The minimum absolute atomic E-state index is 0.293. The number of hydrogen-bond acceptors (Lipinski definition) is 2. The lowest BCUT2D eigenvalue weighted by atomic mass is 9.72. The van der Waals surface area contributed by atoms with E-state index in [0.717, 1.165) is 0 Å². The molecule has 15 heavy (non-hydrogen) atoms. The fraction of sp³-hybridized carbons (Fsp3) is 0.769. The van der Waals surface area contributed by atoms with Crippen molar-refractivity contribution in [3.05, 3.63) is 12.7 Å². The van der Waals surface area contributed by atoms with Gasteiger partial charge in [0.05, 0.1) is 0 Å². The van der Waals surface area contributed by atoms with E-state index in [-0.39, 0.29) is 5.97 Å². The topological polar surface area (TPSA) is 26.3 Å². The first-order valence-corrected chi connectivity index (χ1v) is 5.64. The van der Waals surface area contributed by atoms with Gasteiger partial charge in [-0.05, 0) is 17.8 Å². The average Bonchev–Trinajstić information content (AvgIpc) is 2.11. The molecule has 0 rings (SSSR count). The Balaban J connectivity index is 5.13. The van der Waals surface area contributed by atoms with Crippen molar-refractivity contribution in [3.63, 3.8) is 0 Å². The zero-order valence-corrected chi connectivity index (χ0v) is 10.8. The van der Waals surface area contributed by atoms with Crippen LogP contribution in [0.15, 0.2) is 12.7 Å². The zero-order chi connectivity index (χ0) is 12.2. The van der Waals surface area contributed by atoms with Crippen LogP contribution < -0.4 is 0 Å². The highest BCUT2D eigenvalue weighted by molar-refractivity contribution is 5.81. The molecule has 0 heterocycles. The molecule has 2 heteroatoms. The van der Waals surface area contributed by atoms with Crippen molar-refractivity contribution in [2.75, 3.05) is 0 Å². The maximum Gasteiger partial charge on any atom is 0.330 e. The smallest absolute Gasteiger partial charge is 0.330 e. The fourth-order valence-corrected chi connectivity index (χ4v) is 2.57. The fourth-order valence-electron chi connectivity index (χ4n) is 2.57. The van der Waals surface area contributed by atoms with Crippen LogP contribution in [-0.4, -0.2) is 11.6 Å². The molecular formula is C13H24O2. The van der Waals surface area contributed by atoms with Crippen LogP contribution in [0, 0.1) is 17.8 Å². The maximum atomic E-state index is 11.4. The number of carbonyl (C=O) groups excluding carboxylic acids is 1. The minimum Gasteiger partial charge on any atom is -0.455 e. The number of ether oxygens (including phenoxy) is 1. The average molecular weight is 212 g/mol. The molecule has 2 nitrogen and oxygen atoms in total. The molecule has 0 aromatic rings. The van der Waals surface area contributed by atoms with E-state index in [4.69, 9.17) is 4.74 Å². The second-order valence-electron chi connectivity index (χ2n) is 4.94. The van der Waals surface area contributed by atoms with E-state index in [9.17, 15) is 4.79 Å². The van der Waals surface area contributed by atoms with Gasteiger partial charge in [0.25, 0.3) is 0 Å². The van der Waals surface area contributed by atoms with E-state index in [0.29, 0.717) is 17.8 Å². The van der Waals surface area contributed by atoms with Crippen LogP contribution in [0.3, 0.4) is 0 Å². The van der Waals surface area contributed by atoms with Crippen molar-refractivity contribution in [3.8, 4) is 0 Å². The van der Waals surface area contributed by atoms with Gasteiger partial charge in [0.1, 0.15) is 5.60 Å². The normalized spacial score (nSPS) is 12.3. The molecule has 0 fully saturated rings. The molecular weight excluding hydrogens is 188 g/mol.